The summed E-state index contributed by atoms with van der Waals surface area (Å²) in [4.78, 5) is 14.2. The number of hydrogen-bond acceptors (Lipinski definition) is 2. The summed E-state index contributed by atoms with van der Waals surface area (Å²) in [5.41, 5.74) is 0. The smallest absolute Gasteiger partial charge is 0.220 e. The molecular formula is C15H30N2O. The molecule has 3 heteroatoms. The van der Waals surface area contributed by atoms with E-state index in [0.29, 0.717) is 12.5 Å². The molecule has 3 nitrogen and oxygen atoms in total. The van der Waals surface area contributed by atoms with Crippen LogP contribution in [0.2, 0.25) is 0 Å². The van der Waals surface area contributed by atoms with Crippen LogP contribution in [-0.2, 0) is 4.79 Å². The van der Waals surface area contributed by atoms with Crippen molar-refractivity contribution >= 4 is 5.91 Å². The van der Waals surface area contributed by atoms with Gasteiger partial charge in [0.05, 0.1) is 0 Å². The van der Waals surface area contributed by atoms with Crippen molar-refractivity contribution in [1.82, 2.24) is 10.2 Å². The quantitative estimate of drug-likeness (QED) is 0.642. The molecule has 0 aromatic rings. The van der Waals surface area contributed by atoms with E-state index in [1.807, 2.05) is 0 Å². The number of unbranched alkanes of at least 4 members (excludes halogenated alkanes) is 4. The lowest BCUT2D eigenvalue weighted by Gasteiger charge is -2.21. The van der Waals surface area contributed by atoms with Crippen LogP contribution in [0.5, 0.6) is 0 Å². The van der Waals surface area contributed by atoms with Gasteiger partial charge in [0.1, 0.15) is 0 Å². The van der Waals surface area contributed by atoms with E-state index in [2.05, 4.69) is 24.1 Å². The fraction of sp³-hybridized carbons (Fsp3) is 0.933. The summed E-state index contributed by atoms with van der Waals surface area (Å²) in [5, 5.41) is 3.12. The molecule has 0 radical (unpaired) electrons. The molecule has 0 bridgehead atoms. The molecule has 18 heavy (non-hydrogen) atoms. The summed E-state index contributed by atoms with van der Waals surface area (Å²) in [7, 11) is 0. The highest BCUT2D eigenvalue weighted by molar-refractivity contribution is 5.76. The Balaban J connectivity index is 2.00. The van der Waals surface area contributed by atoms with Gasteiger partial charge in [0.2, 0.25) is 5.91 Å². The molecule has 1 N–H and O–H groups in total. The predicted octanol–water partition coefficient (Wildman–Crippen LogP) is 2.95. The van der Waals surface area contributed by atoms with Crippen molar-refractivity contribution in [3.63, 3.8) is 0 Å². The third kappa shape index (κ3) is 7.00. The molecule has 1 aliphatic heterocycles. The number of amides is 1. The Bertz CT molecular complexity index is 225. The van der Waals surface area contributed by atoms with Gasteiger partial charge >= 0.3 is 0 Å². The van der Waals surface area contributed by atoms with Gasteiger partial charge in [-0.3, -0.25) is 4.79 Å². The molecule has 1 amide bonds. The Labute approximate surface area is 112 Å². The van der Waals surface area contributed by atoms with Gasteiger partial charge in [-0.2, -0.15) is 0 Å². The van der Waals surface area contributed by atoms with Crippen molar-refractivity contribution in [2.45, 2.75) is 71.3 Å². The van der Waals surface area contributed by atoms with E-state index in [9.17, 15) is 4.79 Å². The van der Waals surface area contributed by atoms with Crippen molar-refractivity contribution < 1.29 is 4.79 Å². The van der Waals surface area contributed by atoms with Gasteiger partial charge in [0.25, 0.3) is 0 Å². The maximum Gasteiger partial charge on any atom is 0.220 e. The number of hydrogen-bond donors (Lipinski definition) is 1. The van der Waals surface area contributed by atoms with Crippen LogP contribution < -0.4 is 5.32 Å². The van der Waals surface area contributed by atoms with Crippen LogP contribution in [-0.4, -0.2) is 36.5 Å². The second-order valence-corrected chi connectivity index (χ2v) is 5.64. The van der Waals surface area contributed by atoms with Gasteiger partial charge in [0, 0.05) is 19.0 Å². The van der Waals surface area contributed by atoms with E-state index in [4.69, 9.17) is 0 Å². The number of nitrogens with zero attached hydrogens (tertiary/aromatic N) is 1. The van der Waals surface area contributed by atoms with Crippen LogP contribution in [0.3, 0.4) is 0 Å². The minimum Gasteiger partial charge on any atom is -0.352 e. The third-order valence-corrected chi connectivity index (χ3v) is 3.65. The third-order valence-electron chi connectivity index (χ3n) is 3.65. The highest BCUT2D eigenvalue weighted by atomic mass is 16.1. The van der Waals surface area contributed by atoms with E-state index in [0.717, 1.165) is 13.0 Å². The van der Waals surface area contributed by atoms with Gasteiger partial charge < -0.3 is 10.2 Å². The minimum atomic E-state index is 0.234. The fourth-order valence-electron chi connectivity index (χ4n) is 2.63. The van der Waals surface area contributed by atoms with E-state index in [-0.39, 0.29) is 5.91 Å². The largest absolute Gasteiger partial charge is 0.352 e. The zero-order valence-corrected chi connectivity index (χ0v) is 12.2. The zero-order valence-electron chi connectivity index (χ0n) is 12.2. The number of carbonyl (C=O) groups excluding carboxylic acids is 1. The van der Waals surface area contributed by atoms with E-state index >= 15 is 0 Å². The molecule has 106 valence electrons. The van der Waals surface area contributed by atoms with Gasteiger partial charge in [-0.05, 0) is 39.3 Å². The second-order valence-electron chi connectivity index (χ2n) is 5.64. The molecule has 1 atom stereocenters. The lowest BCUT2D eigenvalue weighted by Crippen LogP contribution is -2.40. The van der Waals surface area contributed by atoms with Crippen LogP contribution >= 0.6 is 0 Å². The van der Waals surface area contributed by atoms with Crippen LogP contribution in [0.15, 0.2) is 0 Å². The SMILES string of the molecule is CCCCCCCC(=O)NC(C)CN1CCCC1. The number of nitrogens with one attached hydrogen (secondary N) is 1. The highest BCUT2D eigenvalue weighted by Gasteiger charge is 2.15. The van der Waals surface area contributed by atoms with E-state index < -0.39 is 0 Å². The predicted molar refractivity (Wildman–Crippen MR) is 76.7 cm³/mol. The Hall–Kier alpha value is -0.570. The number of carbonyl (C=O) groups is 1. The summed E-state index contributed by atoms with van der Waals surface area (Å²) in [6.45, 7) is 7.76. The van der Waals surface area contributed by atoms with Crippen molar-refractivity contribution in [3.8, 4) is 0 Å². The average molecular weight is 254 g/mol. The normalized spacial score (nSPS) is 17.9. The summed E-state index contributed by atoms with van der Waals surface area (Å²) >= 11 is 0. The number of likely N-dealkylation sites (tertiary alicyclic amines) is 1. The molecule has 0 aromatic heterocycles. The average Bonchev–Trinajstić information content (AvgIpc) is 2.81. The first-order valence-corrected chi connectivity index (χ1v) is 7.74. The zero-order chi connectivity index (χ0) is 13.2. The van der Waals surface area contributed by atoms with Crippen LogP contribution in [0.4, 0.5) is 0 Å². The Morgan fingerprint density at radius 1 is 1.17 bits per heavy atom. The maximum atomic E-state index is 11.7. The van der Waals surface area contributed by atoms with Gasteiger partial charge in [-0.1, -0.05) is 32.6 Å². The van der Waals surface area contributed by atoms with Gasteiger partial charge in [0.15, 0.2) is 0 Å². The van der Waals surface area contributed by atoms with Crippen molar-refractivity contribution in [2.24, 2.45) is 0 Å². The second kappa shape index (κ2) is 9.37. The molecule has 1 unspecified atom stereocenters. The van der Waals surface area contributed by atoms with E-state index in [1.54, 1.807) is 0 Å². The first-order valence-electron chi connectivity index (χ1n) is 7.74. The maximum absolute atomic E-state index is 11.7. The van der Waals surface area contributed by atoms with Crippen molar-refractivity contribution in [2.75, 3.05) is 19.6 Å². The molecular weight excluding hydrogens is 224 g/mol. The summed E-state index contributed by atoms with van der Waals surface area (Å²) in [6.07, 6.45) is 9.41. The van der Waals surface area contributed by atoms with Crippen LogP contribution in [0.25, 0.3) is 0 Å². The van der Waals surface area contributed by atoms with Crippen molar-refractivity contribution in [3.05, 3.63) is 0 Å². The molecule has 1 rings (SSSR count). The first kappa shape index (κ1) is 15.5. The monoisotopic (exact) mass is 254 g/mol. The molecule has 0 aliphatic carbocycles. The fourth-order valence-corrected chi connectivity index (χ4v) is 2.63. The van der Waals surface area contributed by atoms with Gasteiger partial charge in [-0.15, -0.1) is 0 Å². The van der Waals surface area contributed by atoms with Crippen LogP contribution in [0, 0.1) is 0 Å². The standard InChI is InChI=1S/C15H30N2O/c1-3-4-5-6-7-10-15(18)16-14(2)13-17-11-8-9-12-17/h14H,3-13H2,1-2H3,(H,16,18). The molecule has 1 heterocycles. The molecule has 1 saturated heterocycles. The lowest BCUT2D eigenvalue weighted by molar-refractivity contribution is -0.121. The molecule has 0 saturated carbocycles. The molecule has 1 aliphatic rings. The Kier molecular flexibility index (Phi) is 8.06. The minimum absolute atomic E-state index is 0.234. The van der Waals surface area contributed by atoms with Crippen molar-refractivity contribution in [1.29, 1.82) is 0 Å². The summed E-state index contributed by atoms with van der Waals surface area (Å²) in [5.74, 6) is 0.234. The summed E-state index contributed by atoms with van der Waals surface area (Å²) in [6, 6.07) is 0.297. The Morgan fingerprint density at radius 2 is 1.83 bits per heavy atom. The van der Waals surface area contributed by atoms with E-state index in [1.165, 1.54) is 51.6 Å². The number of rotatable bonds is 9. The molecule has 0 spiro atoms. The van der Waals surface area contributed by atoms with Crippen LogP contribution in [0.1, 0.15) is 65.2 Å². The molecule has 1 fully saturated rings. The Morgan fingerprint density at radius 3 is 2.50 bits per heavy atom. The lowest BCUT2D eigenvalue weighted by atomic mass is 10.1. The summed E-state index contributed by atoms with van der Waals surface area (Å²) < 4.78 is 0. The van der Waals surface area contributed by atoms with Gasteiger partial charge in [-0.25, -0.2) is 0 Å². The highest BCUT2D eigenvalue weighted by Crippen LogP contribution is 2.08. The first-order chi connectivity index (χ1) is 8.72. The molecule has 0 aromatic carbocycles. The topological polar surface area (TPSA) is 32.3 Å².